The van der Waals surface area contributed by atoms with Crippen LogP contribution in [-0.2, 0) is 16.6 Å². The van der Waals surface area contributed by atoms with Crippen molar-refractivity contribution in [3.05, 3.63) is 59.7 Å². The molecule has 4 amide bonds. The van der Waals surface area contributed by atoms with Crippen LogP contribution in [-0.4, -0.2) is 160 Å². The number of pyridine rings is 1. The maximum Gasteiger partial charge on any atom is 0.329 e. The first kappa shape index (κ1) is 51.9. The zero-order chi connectivity index (χ0) is 54.9. The number of aryl methyl sites for hydroxylation is 1. The summed E-state index contributed by atoms with van der Waals surface area (Å²) in [5.41, 5.74) is 1.48. The number of hydrogen-bond acceptors (Lipinski definition) is 15. The molecule has 2 N–H and O–H groups in total. The van der Waals surface area contributed by atoms with Gasteiger partial charge in [0.2, 0.25) is 17.7 Å². The molecule has 2 bridgehead atoms. The number of imide groups is 1. The molecule has 3 aromatic carbocycles. The highest BCUT2D eigenvalue weighted by atomic mass is 19.1. The molecule has 0 radical (unpaired) electrons. The number of ether oxygens (including phenoxy) is 2. The first-order valence-corrected chi connectivity index (χ1v) is 27.4. The van der Waals surface area contributed by atoms with Crippen molar-refractivity contribution in [2.75, 3.05) is 100 Å². The summed E-state index contributed by atoms with van der Waals surface area (Å²) < 4.78 is 47.2. The molecular formula is C58H63F2N13O6. The highest BCUT2D eigenvalue weighted by molar-refractivity contribution is 6.09. The fraction of sp³-hybridized carbons (Fsp3) is 0.483. The number of phenols is 1. The number of fused-ring (bicyclic) bond motifs is 5. The van der Waals surface area contributed by atoms with Crippen LogP contribution in [0.2, 0.25) is 0 Å². The van der Waals surface area contributed by atoms with Gasteiger partial charge in [0.15, 0.2) is 11.6 Å². The Morgan fingerprint density at radius 1 is 0.924 bits per heavy atom. The van der Waals surface area contributed by atoms with Crippen molar-refractivity contribution >= 4 is 67.7 Å². The summed E-state index contributed by atoms with van der Waals surface area (Å²) >= 11 is 0. The minimum absolute atomic E-state index is 0.00222. The number of benzene rings is 3. The number of hydrogen-bond donors (Lipinski definition) is 2. The third kappa shape index (κ3) is 9.81. The van der Waals surface area contributed by atoms with Crippen LogP contribution in [0.15, 0.2) is 42.5 Å². The molecule has 3 aromatic heterocycles. The second kappa shape index (κ2) is 20.7. The first-order chi connectivity index (χ1) is 38.2. The maximum absolute atomic E-state index is 17.7. The van der Waals surface area contributed by atoms with Crippen LogP contribution in [0.5, 0.6) is 17.6 Å². The van der Waals surface area contributed by atoms with Gasteiger partial charge in [-0.2, -0.15) is 20.3 Å². The molecule has 410 valence electrons. The average Bonchev–Trinajstić information content (AvgIpc) is 4.12. The Labute approximate surface area is 456 Å². The number of nitrogens with zero attached hydrogens (tertiary/aromatic N) is 12. The number of aromatic nitrogens is 5. The van der Waals surface area contributed by atoms with Crippen LogP contribution in [0.1, 0.15) is 63.9 Å². The number of urea groups is 1. The van der Waals surface area contributed by atoms with Crippen molar-refractivity contribution in [2.45, 2.75) is 70.4 Å². The van der Waals surface area contributed by atoms with Crippen molar-refractivity contribution in [3.8, 4) is 47.3 Å². The van der Waals surface area contributed by atoms with Crippen LogP contribution in [0, 0.1) is 52.6 Å². The summed E-state index contributed by atoms with van der Waals surface area (Å²) in [6, 6.07) is 13.1. The molecule has 6 aliphatic rings. The quantitative estimate of drug-likeness (QED) is 0.111. The number of methoxy groups -OCH3 is 1. The lowest BCUT2D eigenvalue weighted by molar-refractivity contribution is -0.135. The van der Waals surface area contributed by atoms with E-state index in [4.69, 9.17) is 25.9 Å². The molecule has 8 heterocycles. The van der Waals surface area contributed by atoms with Crippen LogP contribution in [0.4, 0.5) is 30.9 Å². The number of piperazine rings is 2. The molecule has 3 atom stereocenters. The molecule has 12 rings (SSSR count). The second-order valence-corrected chi connectivity index (χ2v) is 22.5. The molecule has 6 fully saturated rings. The molecule has 6 aromatic rings. The van der Waals surface area contributed by atoms with E-state index in [1.165, 1.54) is 36.3 Å². The van der Waals surface area contributed by atoms with E-state index >= 15 is 8.78 Å². The summed E-state index contributed by atoms with van der Waals surface area (Å²) in [7, 11) is 3.29. The van der Waals surface area contributed by atoms with Gasteiger partial charge in [-0.3, -0.25) is 24.5 Å². The van der Waals surface area contributed by atoms with Gasteiger partial charge in [-0.15, -0.1) is 6.42 Å². The highest BCUT2D eigenvalue weighted by Gasteiger charge is 2.47. The fourth-order valence-electron chi connectivity index (χ4n) is 12.8. The van der Waals surface area contributed by atoms with Crippen LogP contribution in [0.3, 0.4) is 0 Å². The molecule has 1 saturated carbocycles. The fourth-order valence-corrected chi connectivity index (χ4v) is 12.8. The number of carbonyl (C=O) groups is 3. The third-order valence-corrected chi connectivity index (χ3v) is 17.2. The molecule has 1 aliphatic carbocycles. The Kier molecular flexibility index (Phi) is 13.6. The summed E-state index contributed by atoms with van der Waals surface area (Å²) in [6.45, 7) is 10.7. The van der Waals surface area contributed by atoms with Gasteiger partial charge < -0.3 is 39.1 Å². The molecule has 19 nitrogen and oxygen atoms in total. The smallest absolute Gasteiger partial charge is 0.329 e. The lowest BCUT2D eigenvalue weighted by atomic mass is 9.95. The van der Waals surface area contributed by atoms with E-state index in [-0.39, 0.29) is 92.9 Å². The molecule has 5 aliphatic heterocycles. The molecule has 3 unspecified atom stereocenters. The average molecular weight is 1080 g/mol. The van der Waals surface area contributed by atoms with E-state index in [9.17, 15) is 24.8 Å². The number of halogens is 2. The highest BCUT2D eigenvalue weighted by Crippen LogP contribution is 2.48. The van der Waals surface area contributed by atoms with E-state index in [2.05, 4.69) is 54.2 Å². The number of aromatic hydroxyl groups is 1. The number of rotatable bonds is 14. The minimum Gasteiger partial charge on any atom is -0.508 e. The molecule has 5 saturated heterocycles. The number of carbonyl (C=O) groups excluding carboxylic acids is 3. The third-order valence-electron chi connectivity index (χ3n) is 17.2. The Bertz CT molecular complexity index is 3510. The number of anilines is 3. The van der Waals surface area contributed by atoms with Gasteiger partial charge >= 0.3 is 12.0 Å². The van der Waals surface area contributed by atoms with Gasteiger partial charge in [-0.05, 0) is 93.2 Å². The van der Waals surface area contributed by atoms with Crippen LogP contribution < -0.4 is 29.5 Å². The van der Waals surface area contributed by atoms with Crippen molar-refractivity contribution in [1.82, 2.24) is 44.7 Å². The van der Waals surface area contributed by atoms with Crippen molar-refractivity contribution < 1.29 is 37.7 Å². The van der Waals surface area contributed by atoms with E-state index < -0.39 is 23.6 Å². The Hall–Kier alpha value is -7.88. The number of amides is 4. The normalized spacial score (nSPS) is 21.2. The number of nitrogens with one attached hydrogen (secondary N) is 1. The minimum atomic E-state index is -0.861. The van der Waals surface area contributed by atoms with Gasteiger partial charge in [-0.1, -0.05) is 12.0 Å². The lowest BCUT2D eigenvalue weighted by Crippen LogP contribution is -2.56. The van der Waals surface area contributed by atoms with Crippen LogP contribution in [0.25, 0.3) is 43.8 Å². The standard InChI is InChI=1S/C58H63F2N13O6/c1-5-41-44(59)11-6-36-25-40(74)27-43(48(36)41)51-50(60)52-49(55(63-51)78-4)54(71-30-38-7-8-39(31-71)73(38)47(76)24-34(2)28-61)65-56(64-52)79-33-58(15-16-58)32-69-22-20-68(21-23-69)29-35-12-17-70(18-13-35)37-9-10-42-45(26-37)67(3)66-53(42)72-19-14-46(75)62-57(72)77/h1,6,9-11,25-27,34-35,38-39,74H,7-8,12-24,29-33H2,2-4H3,(H,62,75,77). The number of terminal acetylenes is 1. The van der Waals surface area contributed by atoms with E-state index in [0.29, 0.717) is 49.2 Å². The first-order valence-electron chi connectivity index (χ1n) is 27.4. The summed E-state index contributed by atoms with van der Waals surface area (Å²) in [4.78, 5) is 65.4. The van der Waals surface area contributed by atoms with Crippen molar-refractivity contribution in [1.29, 1.82) is 5.26 Å². The van der Waals surface area contributed by atoms with Crippen molar-refractivity contribution in [3.63, 3.8) is 0 Å². The van der Waals surface area contributed by atoms with Gasteiger partial charge in [-0.25, -0.2) is 18.6 Å². The van der Waals surface area contributed by atoms with Crippen LogP contribution >= 0.6 is 0 Å². The zero-order valence-corrected chi connectivity index (χ0v) is 44.7. The van der Waals surface area contributed by atoms with E-state index in [1.807, 2.05) is 22.9 Å². The van der Waals surface area contributed by atoms with Gasteiger partial charge in [0, 0.05) is 131 Å². The van der Waals surface area contributed by atoms with E-state index in [1.54, 1.807) is 11.6 Å². The summed E-state index contributed by atoms with van der Waals surface area (Å²) in [5.74, 6) is 1.39. The monoisotopic (exact) mass is 1080 g/mol. The van der Waals surface area contributed by atoms with Gasteiger partial charge in [0.25, 0.3) is 0 Å². The van der Waals surface area contributed by atoms with Crippen molar-refractivity contribution in [2.24, 2.45) is 24.3 Å². The largest absolute Gasteiger partial charge is 0.508 e. The molecule has 79 heavy (non-hydrogen) atoms. The molecule has 0 spiro atoms. The molecular weight excluding hydrogens is 1010 g/mol. The summed E-state index contributed by atoms with van der Waals surface area (Å²) in [6.07, 6.45) is 11.8. The lowest BCUT2D eigenvalue weighted by Gasteiger charge is -2.42. The Morgan fingerprint density at radius 2 is 1.67 bits per heavy atom. The zero-order valence-electron chi connectivity index (χ0n) is 44.7. The van der Waals surface area contributed by atoms with Gasteiger partial charge in [0.1, 0.15) is 34.0 Å². The second-order valence-electron chi connectivity index (χ2n) is 22.5. The Morgan fingerprint density at radius 3 is 2.37 bits per heavy atom. The van der Waals surface area contributed by atoms with E-state index in [0.717, 1.165) is 107 Å². The topological polar surface area (TPSA) is 202 Å². The number of piperidine rings is 1. The Balaban J connectivity index is 0.731. The van der Waals surface area contributed by atoms with Gasteiger partial charge in [0.05, 0.1) is 36.8 Å². The number of phenolic OH excluding ortho intramolecular Hbond substituents is 1. The predicted molar refractivity (Wildman–Crippen MR) is 293 cm³/mol. The maximum atomic E-state index is 17.7. The number of nitriles is 1. The molecule has 21 heteroatoms. The SMILES string of the molecule is C#Cc1c(F)ccc2cc(O)cc(-c3nc(OC)c4c(N5CC6CCC(C5)N6C(=O)CC(C)C#N)nc(OCC5(CN6CCN(CC7CCN(c8ccc9c(N%10CCC(=O)NC%10=O)nn(C)c9c8)CC7)CC6)CC5)nc4c3F)c12. The predicted octanol–water partition coefficient (Wildman–Crippen LogP) is 6.57. The summed E-state index contributed by atoms with van der Waals surface area (Å²) in [5, 5.41) is 29.1.